The maximum absolute atomic E-state index is 6.55. The summed E-state index contributed by atoms with van der Waals surface area (Å²) in [4.78, 5) is 0. The second kappa shape index (κ2) is 8.99. The van der Waals surface area contributed by atoms with E-state index in [1.54, 1.807) is 14.2 Å². The number of hydrogen-bond donors (Lipinski definition) is 0. The maximum atomic E-state index is 6.55. The van der Waals surface area contributed by atoms with Gasteiger partial charge in [0.05, 0.1) is 14.2 Å². The monoisotopic (exact) mass is 470 g/mol. The molecule has 0 amide bonds. The van der Waals surface area contributed by atoms with E-state index in [1.165, 1.54) is 22.3 Å². The molecule has 4 unspecified atom stereocenters. The van der Waals surface area contributed by atoms with Crippen LogP contribution < -0.4 is 18.9 Å². The molecule has 0 aliphatic carbocycles. The van der Waals surface area contributed by atoms with Gasteiger partial charge in [-0.2, -0.15) is 0 Å². The summed E-state index contributed by atoms with van der Waals surface area (Å²) >= 11 is 0. The third-order valence-electron chi connectivity index (χ3n) is 7.58. The van der Waals surface area contributed by atoms with Crippen molar-refractivity contribution in [1.82, 2.24) is 0 Å². The van der Waals surface area contributed by atoms with Crippen LogP contribution in [0.15, 0.2) is 48.5 Å². The molecule has 3 aromatic carbocycles. The summed E-state index contributed by atoms with van der Waals surface area (Å²) < 4.78 is 24.6. The summed E-state index contributed by atoms with van der Waals surface area (Å²) in [6, 6.07) is 15.1. The lowest BCUT2D eigenvalue weighted by Crippen LogP contribution is -2.09. The summed E-state index contributed by atoms with van der Waals surface area (Å²) in [6.45, 7) is 10.8. The lowest BCUT2D eigenvalue weighted by Gasteiger charge is -2.19. The van der Waals surface area contributed by atoms with Gasteiger partial charge in [-0.1, -0.05) is 44.2 Å². The lowest BCUT2D eigenvalue weighted by molar-refractivity contribution is 0.205. The SMILES string of the molecule is CC=Cc1cc(OC)c2c(c1)C(C)C(c1cc(OC)c3c(c1)C(C)C(c1ccc(C)c(C)c1)O3)O2. The quantitative estimate of drug-likeness (QED) is 0.381. The molecule has 35 heavy (non-hydrogen) atoms. The second-order valence-corrected chi connectivity index (χ2v) is 9.78. The van der Waals surface area contributed by atoms with Gasteiger partial charge in [0.25, 0.3) is 0 Å². The standard InChI is InChI=1S/C31H34O4/c1-8-9-21-13-24-19(4)29(35-30(24)26(14-21)32-6)23-15-25-20(5)28(34-31(25)27(16-23)33-7)22-11-10-17(2)18(3)12-22/h8-16,19-20,28-29H,1-7H3. The van der Waals surface area contributed by atoms with Gasteiger partial charge in [0.1, 0.15) is 12.2 Å². The van der Waals surface area contributed by atoms with Crippen molar-refractivity contribution in [3.63, 3.8) is 0 Å². The number of hydrogen-bond acceptors (Lipinski definition) is 4. The minimum Gasteiger partial charge on any atom is -0.493 e. The van der Waals surface area contributed by atoms with E-state index in [1.807, 2.05) is 19.1 Å². The Morgan fingerprint density at radius 3 is 1.91 bits per heavy atom. The van der Waals surface area contributed by atoms with Gasteiger partial charge in [0.2, 0.25) is 0 Å². The zero-order valence-corrected chi connectivity index (χ0v) is 21.6. The van der Waals surface area contributed by atoms with Crippen LogP contribution in [0.25, 0.3) is 6.08 Å². The highest BCUT2D eigenvalue weighted by Crippen LogP contribution is 2.55. The van der Waals surface area contributed by atoms with Crippen LogP contribution in [0.2, 0.25) is 0 Å². The molecule has 0 fully saturated rings. The summed E-state index contributed by atoms with van der Waals surface area (Å²) in [7, 11) is 3.40. The van der Waals surface area contributed by atoms with Gasteiger partial charge in [-0.15, -0.1) is 0 Å². The smallest absolute Gasteiger partial charge is 0.165 e. The van der Waals surface area contributed by atoms with Gasteiger partial charge < -0.3 is 18.9 Å². The molecule has 0 N–H and O–H groups in total. The van der Waals surface area contributed by atoms with Gasteiger partial charge in [-0.05, 0) is 72.9 Å². The minimum atomic E-state index is -0.133. The molecule has 0 aromatic heterocycles. The number of methoxy groups -OCH3 is 2. The van der Waals surface area contributed by atoms with E-state index in [4.69, 9.17) is 18.9 Å². The molecule has 182 valence electrons. The van der Waals surface area contributed by atoms with Crippen LogP contribution in [0.5, 0.6) is 23.0 Å². The fourth-order valence-corrected chi connectivity index (χ4v) is 5.42. The Labute approximate surface area is 208 Å². The maximum Gasteiger partial charge on any atom is 0.165 e. The summed E-state index contributed by atoms with van der Waals surface area (Å²) in [5, 5.41) is 0. The van der Waals surface area contributed by atoms with Crippen LogP contribution in [0.3, 0.4) is 0 Å². The Morgan fingerprint density at radius 1 is 0.714 bits per heavy atom. The lowest BCUT2D eigenvalue weighted by atomic mass is 9.87. The van der Waals surface area contributed by atoms with E-state index in [9.17, 15) is 0 Å². The van der Waals surface area contributed by atoms with Crippen LogP contribution in [0, 0.1) is 13.8 Å². The first-order valence-electron chi connectivity index (χ1n) is 12.3. The van der Waals surface area contributed by atoms with Gasteiger partial charge in [-0.25, -0.2) is 0 Å². The molecule has 4 heteroatoms. The summed E-state index contributed by atoms with van der Waals surface area (Å²) in [5.74, 6) is 3.54. The van der Waals surface area contributed by atoms with Gasteiger partial charge in [0.15, 0.2) is 23.0 Å². The number of ether oxygens (including phenoxy) is 4. The van der Waals surface area contributed by atoms with E-state index >= 15 is 0 Å². The zero-order valence-electron chi connectivity index (χ0n) is 21.6. The molecule has 0 bridgehead atoms. The highest BCUT2D eigenvalue weighted by molar-refractivity contribution is 5.63. The van der Waals surface area contributed by atoms with Crippen LogP contribution in [-0.2, 0) is 0 Å². The van der Waals surface area contributed by atoms with E-state index in [-0.39, 0.29) is 24.0 Å². The Kier molecular flexibility index (Phi) is 6.00. The molecule has 0 radical (unpaired) electrons. The highest BCUT2D eigenvalue weighted by atomic mass is 16.5. The molecule has 3 aromatic rings. The van der Waals surface area contributed by atoms with Crippen molar-refractivity contribution in [2.45, 2.75) is 58.7 Å². The number of rotatable bonds is 5. The Morgan fingerprint density at radius 2 is 1.31 bits per heavy atom. The van der Waals surface area contributed by atoms with Crippen molar-refractivity contribution < 1.29 is 18.9 Å². The molecular formula is C31H34O4. The first-order valence-corrected chi connectivity index (χ1v) is 12.3. The predicted molar refractivity (Wildman–Crippen MR) is 140 cm³/mol. The highest BCUT2D eigenvalue weighted by Gasteiger charge is 2.39. The molecule has 0 spiro atoms. The van der Waals surface area contributed by atoms with Crippen LogP contribution in [0.1, 0.15) is 83.8 Å². The van der Waals surface area contributed by atoms with Crippen molar-refractivity contribution in [1.29, 1.82) is 0 Å². The fourth-order valence-electron chi connectivity index (χ4n) is 5.42. The van der Waals surface area contributed by atoms with Crippen molar-refractivity contribution in [3.05, 3.63) is 87.5 Å². The first-order chi connectivity index (χ1) is 16.9. The van der Waals surface area contributed by atoms with Crippen molar-refractivity contribution >= 4 is 6.08 Å². The van der Waals surface area contributed by atoms with Crippen LogP contribution in [0.4, 0.5) is 0 Å². The predicted octanol–water partition coefficient (Wildman–Crippen LogP) is 7.83. The first kappa shape index (κ1) is 23.3. The van der Waals surface area contributed by atoms with E-state index in [2.05, 4.69) is 70.2 Å². The number of benzene rings is 3. The summed E-state index contributed by atoms with van der Waals surface area (Å²) in [5.41, 5.74) is 8.30. The molecule has 5 rings (SSSR count). The Balaban J connectivity index is 1.53. The second-order valence-electron chi connectivity index (χ2n) is 9.78. The van der Waals surface area contributed by atoms with E-state index < -0.39 is 0 Å². The van der Waals surface area contributed by atoms with Gasteiger partial charge in [0, 0.05) is 23.0 Å². The third-order valence-corrected chi connectivity index (χ3v) is 7.58. The minimum absolute atomic E-state index is 0.0453. The Hall–Kier alpha value is -3.40. The van der Waals surface area contributed by atoms with E-state index in [0.29, 0.717) is 0 Å². The average molecular weight is 471 g/mol. The molecule has 2 aliphatic rings. The van der Waals surface area contributed by atoms with Crippen molar-refractivity contribution in [2.75, 3.05) is 14.2 Å². The molecule has 0 saturated carbocycles. The topological polar surface area (TPSA) is 36.9 Å². The molecule has 0 saturated heterocycles. The third kappa shape index (κ3) is 3.85. The number of allylic oxidation sites excluding steroid dienone is 1. The Bertz CT molecular complexity index is 1310. The summed E-state index contributed by atoms with van der Waals surface area (Å²) in [6.07, 6.45) is 3.95. The molecular weight excluding hydrogens is 436 g/mol. The average Bonchev–Trinajstić information content (AvgIpc) is 3.37. The largest absolute Gasteiger partial charge is 0.493 e. The van der Waals surface area contributed by atoms with Crippen molar-refractivity contribution in [3.8, 4) is 23.0 Å². The number of aryl methyl sites for hydroxylation is 2. The molecule has 4 atom stereocenters. The van der Waals surface area contributed by atoms with Crippen LogP contribution >= 0.6 is 0 Å². The molecule has 4 nitrogen and oxygen atoms in total. The van der Waals surface area contributed by atoms with Crippen LogP contribution in [-0.4, -0.2) is 14.2 Å². The zero-order chi connectivity index (χ0) is 24.9. The molecule has 2 heterocycles. The number of fused-ring (bicyclic) bond motifs is 2. The molecule has 2 aliphatic heterocycles. The van der Waals surface area contributed by atoms with Gasteiger partial charge in [-0.3, -0.25) is 0 Å². The van der Waals surface area contributed by atoms with Crippen molar-refractivity contribution in [2.24, 2.45) is 0 Å². The normalized spacial score (nSPS) is 22.5. The van der Waals surface area contributed by atoms with Gasteiger partial charge >= 0.3 is 0 Å². The fraction of sp³-hybridized carbons (Fsp3) is 0.355. The van der Waals surface area contributed by atoms with E-state index in [0.717, 1.165) is 39.7 Å².